The molecule has 1 saturated heterocycles. The lowest BCUT2D eigenvalue weighted by Gasteiger charge is -2.25. The number of rotatable bonds is 5. The first-order valence-electron chi connectivity index (χ1n) is 9.16. The molecule has 1 aliphatic heterocycles. The number of nitrogens with zero attached hydrogens (tertiary/aromatic N) is 1. The Kier molecular flexibility index (Phi) is 5.03. The first-order valence-corrected chi connectivity index (χ1v) is 9.16. The number of carboxylic acid groups (broad SMARTS) is 1. The van der Waals surface area contributed by atoms with Gasteiger partial charge in [-0.1, -0.05) is 36.2 Å². The van der Waals surface area contributed by atoms with Gasteiger partial charge in [-0.2, -0.15) is 0 Å². The lowest BCUT2D eigenvalue weighted by Crippen LogP contribution is -2.38. The van der Waals surface area contributed by atoms with E-state index in [1.54, 1.807) is 4.90 Å². The molecule has 0 bridgehead atoms. The number of hydrogen-bond acceptors (Lipinski definition) is 3. The molecule has 3 rings (SSSR count). The van der Waals surface area contributed by atoms with E-state index >= 15 is 0 Å². The number of nitrogens with one attached hydrogen (secondary N) is 1. The number of aliphatic carboxylic acids is 1. The molecule has 1 saturated carbocycles. The monoisotopic (exact) mass is 358 g/mol. The van der Waals surface area contributed by atoms with Crippen LogP contribution >= 0.6 is 0 Å². The Bertz CT molecular complexity index is 715. The van der Waals surface area contributed by atoms with E-state index in [0.717, 1.165) is 24.0 Å². The predicted octanol–water partition coefficient (Wildman–Crippen LogP) is 2.28. The van der Waals surface area contributed by atoms with Crippen molar-refractivity contribution in [2.75, 3.05) is 13.1 Å². The van der Waals surface area contributed by atoms with Crippen LogP contribution in [0.5, 0.6) is 0 Å². The van der Waals surface area contributed by atoms with Gasteiger partial charge in [0.2, 0.25) is 11.8 Å². The molecule has 1 unspecified atom stereocenters. The molecular formula is C20H26N2O4. The van der Waals surface area contributed by atoms with Gasteiger partial charge >= 0.3 is 5.97 Å². The maximum Gasteiger partial charge on any atom is 0.311 e. The van der Waals surface area contributed by atoms with Gasteiger partial charge in [0.15, 0.2) is 0 Å². The molecule has 3 atom stereocenters. The van der Waals surface area contributed by atoms with Crippen molar-refractivity contribution in [2.45, 2.75) is 45.6 Å². The lowest BCUT2D eigenvalue weighted by molar-refractivity contribution is -0.149. The molecule has 0 spiro atoms. The normalized spacial score (nSPS) is 25.6. The van der Waals surface area contributed by atoms with Gasteiger partial charge in [-0.05, 0) is 31.2 Å². The molecule has 1 aromatic carbocycles. The van der Waals surface area contributed by atoms with Crippen LogP contribution in [0, 0.1) is 18.3 Å². The number of hydrogen-bond donors (Lipinski definition) is 2. The average Bonchev–Trinajstić information content (AvgIpc) is 3.12. The highest BCUT2D eigenvalue weighted by Crippen LogP contribution is 2.49. The molecule has 1 heterocycles. The van der Waals surface area contributed by atoms with Gasteiger partial charge in [-0.15, -0.1) is 0 Å². The summed E-state index contributed by atoms with van der Waals surface area (Å²) in [5.41, 5.74) is 1.21. The molecule has 0 radical (unpaired) electrons. The Morgan fingerprint density at radius 1 is 1.31 bits per heavy atom. The maximum atomic E-state index is 12.9. The predicted molar refractivity (Wildman–Crippen MR) is 96.3 cm³/mol. The summed E-state index contributed by atoms with van der Waals surface area (Å²) in [4.78, 5) is 37.9. The molecule has 2 N–H and O–H groups in total. The molecule has 2 amide bonds. The smallest absolute Gasteiger partial charge is 0.311 e. The lowest BCUT2D eigenvalue weighted by atomic mass is 9.81. The van der Waals surface area contributed by atoms with Crippen LogP contribution in [-0.2, 0) is 14.4 Å². The Morgan fingerprint density at radius 2 is 2.00 bits per heavy atom. The third-order valence-corrected chi connectivity index (χ3v) is 5.89. The van der Waals surface area contributed by atoms with Crippen LogP contribution < -0.4 is 5.32 Å². The van der Waals surface area contributed by atoms with E-state index < -0.39 is 17.4 Å². The summed E-state index contributed by atoms with van der Waals surface area (Å²) < 4.78 is 0. The van der Waals surface area contributed by atoms with E-state index in [4.69, 9.17) is 0 Å². The standard InChI is InChI=1S/C20H26N2O4/c1-13-5-7-15(8-6-13)17(21-14(2)23)10-18(24)22-11-16-4-3-9-20(16,12-22)19(25)26/h5-8,16-17H,3-4,9-12H2,1-2H3,(H,21,23)(H,25,26)/t16-,17?,20+/m0/s1. The second-order valence-electron chi connectivity index (χ2n) is 7.69. The zero-order chi connectivity index (χ0) is 18.9. The number of likely N-dealkylation sites (tertiary alicyclic amines) is 1. The topological polar surface area (TPSA) is 86.7 Å². The van der Waals surface area contributed by atoms with Crippen molar-refractivity contribution in [3.63, 3.8) is 0 Å². The molecule has 1 aliphatic carbocycles. The van der Waals surface area contributed by atoms with Crippen LogP contribution in [0.4, 0.5) is 0 Å². The Labute approximate surface area is 153 Å². The van der Waals surface area contributed by atoms with E-state index in [1.807, 2.05) is 31.2 Å². The SMILES string of the molecule is CC(=O)NC(CC(=O)N1C[C@@H]2CCC[C@@]2(C(=O)O)C1)c1ccc(C)cc1. The summed E-state index contributed by atoms with van der Waals surface area (Å²) in [7, 11) is 0. The summed E-state index contributed by atoms with van der Waals surface area (Å²) in [6.07, 6.45) is 2.56. The van der Waals surface area contributed by atoms with Crippen molar-refractivity contribution >= 4 is 17.8 Å². The molecule has 1 aromatic rings. The minimum Gasteiger partial charge on any atom is -0.481 e. The third kappa shape index (κ3) is 3.45. The Balaban J connectivity index is 1.73. The van der Waals surface area contributed by atoms with Crippen LogP contribution in [0.3, 0.4) is 0 Å². The quantitative estimate of drug-likeness (QED) is 0.845. The van der Waals surface area contributed by atoms with Crippen molar-refractivity contribution in [3.8, 4) is 0 Å². The molecule has 2 fully saturated rings. The number of carbonyl (C=O) groups excluding carboxylic acids is 2. The van der Waals surface area contributed by atoms with E-state index in [-0.39, 0.29) is 30.7 Å². The van der Waals surface area contributed by atoms with Gasteiger partial charge in [0.25, 0.3) is 0 Å². The summed E-state index contributed by atoms with van der Waals surface area (Å²) in [6, 6.07) is 7.34. The second kappa shape index (κ2) is 7.09. The van der Waals surface area contributed by atoms with Gasteiger partial charge in [0.1, 0.15) is 0 Å². The van der Waals surface area contributed by atoms with E-state index in [2.05, 4.69) is 5.32 Å². The van der Waals surface area contributed by atoms with Crippen LogP contribution in [0.1, 0.15) is 49.8 Å². The summed E-state index contributed by atoms with van der Waals surface area (Å²) in [5, 5.41) is 12.5. The first-order chi connectivity index (χ1) is 12.3. The average molecular weight is 358 g/mol. The van der Waals surface area contributed by atoms with Gasteiger partial charge in [0, 0.05) is 20.0 Å². The van der Waals surface area contributed by atoms with Gasteiger partial charge in [-0.3, -0.25) is 14.4 Å². The van der Waals surface area contributed by atoms with Crippen LogP contribution in [0.15, 0.2) is 24.3 Å². The second-order valence-corrected chi connectivity index (χ2v) is 7.69. The van der Waals surface area contributed by atoms with E-state index in [0.29, 0.717) is 13.0 Å². The van der Waals surface area contributed by atoms with Crippen molar-refractivity contribution in [2.24, 2.45) is 11.3 Å². The highest BCUT2D eigenvalue weighted by molar-refractivity contribution is 5.82. The van der Waals surface area contributed by atoms with Gasteiger partial charge in [-0.25, -0.2) is 0 Å². The highest BCUT2D eigenvalue weighted by Gasteiger charge is 2.55. The van der Waals surface area contributed by atoms with Crippen LogP contribution in [-0.4, -0.2) is 40.9 Å². The fraction of sp³-hybridized carbons (Fsp3) is 0.550. The molecule has 2 aliphatic rings. The summed E-state index contributed by atoms with van der Waals surface area (Å²) >= 11 is 0. The van der Waals surface area contributed by atoms with E-state index in [1.165, 1.54) is 6.92 Å². The minimum atomic E-state index is -0.785. The fourth-order valence-corrected chi connectivity index (χ4v) is 4.43. The first kappa shape index (κ1) is 18.4. The number of amides is 2. The molecular weight excluding hydrogens is 332 g/mol. The fourth-order valence-electron chi connectivity index (χ4n) is 4.43. The van der Waals surface area contributed by atoms with Gasteiger partial charge < -0.3 is 15.3 Å². The summed E-state index contributed by atoms with van der Waals surface area (Å²) in [6.45, 7) is 4.21. The number of fused-ring (bicyclic) bond motifs is 1. The Hall–Kier alpha value is -2.37. The van der Waals surface area contributed by atoms with Crippen LogP contribution in [0.2, 0.25) is 0 Å². The van der Waals surface area contributed by atoms with E-state index in [9.17, 15) is 19.5 Å². The molecule has 26 heavy (non-hydrogen) atoms. The summed E-state index contributed by atoms with van der Waals surface area (Å²) in [5.74, 6) is -1.03. The number of aryl methyl sites for hydroxylation is 1. The number of carboxylic acids is 1. The van der Waals surface area contributed by atoms with Crippen molar-refractivity contribution in [1.29, 1.82) is 0 Å². The molecule has 6 nitrogen and oxygen atoms in total. The highest BCUT2D eigenvalue weighted by atomic mass is 16.4. The molecule has 0 aromatic heterocycles. The van der Waals surface area contributed by atoms with Crippen molar-refractivity contribution in [1.82, 2.24) is 10.2 Å². The third-order valence-electron chi connectivity index (χ3n) is 5.89. The molecule has 140 valence electrons. The zero-order valence-corrected chi connectivity index (χ0v) is 15.3. The Morgan fingerprint density at radius 3 is 2.58 bits per heavy atom. The maximum absolute atomic E-state index is 12.9. The number of carbonyl (C=O) groups is 3. The van der Waals surface area contributed by atoms with Crippen molar-refractivity contribution < 1.29 is 19.5 Å². The molecule has 6 heteroatoms. The van der Waals surface area contributed by atoms with Gasteiger partial charge in [0.05, 0.1) is 17.9 Å². The minimum absolute atomic E-state index is 0.0440. The van der Waals surface area contributed by atoms with Crippen LogP contribution in [0.25, 0.3) is 0 Å². The number of benzene rings is 1. The largest absolute Gasteiger partial charge is 0.481 e. The van der Waals surface area contributed by atoms with Crippen molar-refractivity contribution in [3.05, 3.63) is 35.4 Å². The zero-order valence-electron chi connectivity index (χ0n) is 15.3.